The molecule has 2 amide bonds. The number of hydrogen-bond acceptors (Lipinski definition) is 7. The lowest BCUT2D eigenvalue weighted by Gasteiger charge is -2.35. The third-order valence-corrected chi connectivity index (χ3v) is 6.76. The number of thiazole rings is 1. The lowest BCUT2D eigenvalue weighted by molar-refractivity contribution is -0.115. The molecule has 1 aliphatic heterocycles. The van der Waals surface area contributed by atoms with Crippen molar-refractivity contribution in [2.45, 2.75) is 45.9 Å². The zero-order valence-electron chi connectivity index (χ0n) is 20.0. The number of anilines is 1. The Balaban J connectivity index is 1.93. The van der Waals surface area contributed by atoms with Crippen LogP contribution in [0.1, 0.15) is 42.6 Å². The summed E-state index contributed by atoms with van der Waals surface area (Å²) in [5, 5.41) is 5.87. The average Bonchev–Trinajstić information content (AvgIpc) is 3.32. The fourth-order valence-electron chi connectivity index (χ4n) is 3.90. The first kappa shape index (κ1) is 25.1. The lowest BCUT2D eigenvalue weighted by atomic mass is 10.0. The molecule has 0 fully saturated rings. The molecular formula is C24H34N4O4S. The summed E-state index contributed by atoms with van der Waals surface area (Å²) in [6.07, 6.45) is 2.06. The highest BCUT2D eigenvalue weighted by molar-refractivity contribution is 7.09. The Kier molecular flexibility index (Phi) is 8.82. The predicted octanol–water partition coefficient (Wildman–Crippen LogP) is 3.50. The number of aromatic nitrogens is 1. The first-order chi connectivity index (χ1) is 15.8. The van der Waals surface area contributed by atoms with Crippen LogP contribution in [0.25, 0.3) is 0 Å². The molecule has 1 aromatic heterocycles. The molecule has 0 bridgehead atoms. The summed E-state index contributed by atoms with van der Waals surface area (Å²) in [4.78, 5) is 33.7. The first-order valence-electron chi connectivity index (χ1n) is 11.3. The summed E-state index contributed by atoms with van der Waals surface area (Å²) in [5.41, 5.74) is 1.00. The number of fused-ring (bicyclic) bond motifs is 1. The van der Waals surface area contributed by atoms with Crippen molar-refractivity contribution in [1.82, 2.24) is 14.8 Å². The molecule has 0 spiro atoms. The molecule has 0 unspecified atom stereocenters. The minimum Gasteiger partial charge on any atom is -0.491 e. The van der Waals surface area contributed by atoms with Gasteiger partial charge in [0.05, 0.1) is 18.2 Å². The summed E-state index contributed by atoms with van der Waals surface area (Å²) in [6.45, 7) is 8.44. The van der Waals surface area contributed by atoms with Crippen molar-refractivity contribution in [3.8, 4) is 5.75 Å². The second kappa shape index (κ2) is 11.6. The number of hydrogen-bond donors (Lipinski definition) is 1. The Bertz CT molecular complexity index is 937. The van der Waals surface area contributed by atoms with E-state index in [1.807, 2.05) is 11.6 Å². The standard InChI is InChI=1S/C24H34N4O4S/c1-6-22(29)26-18-7-8-20-19(11-18)24(30)27(4)13-21(31-5)16(2)12-28(17(3)15-32-20)14-23-25-9-10-33-23/h7-11,16-17,21H,6,12-15H2,1-5H3,(H,26,29)/t16-,17+,21+/m1/s1. The molecule has 2 aromatic rings. The maximum Gasteiger partial charge on any atom is 0.257 e. The molecule has 3 rings (SSSR count). The first-order valence-corrected chi connectivity index (χ1v) is 12.2. The van der Waals surface area contributed by atoms with Crippen molar-refractivity contribution in [3.05, 3.63) is 40.3 Å². The van der Waals surface area contributed by atoms with Crippen LogP contribution in [-0.2, 0) is 16.1 Å². The lowest BCUT2D eigenvalue weighted by Crippen LogP contribution is -2.46. The normalized spacial score (nSPS) is 22.6. The smallest absolute Gasteiger partial charge is 0.257 e. The van der Waals surface area contributed by atoms with Gasteiger partial charge in [-0.2, -0.15) is 0 Å². The molecule has 3 atom stereocenters. The van der Waals surface area contributed by atoms with E-state index in [1.54, 1.807) is 55.5 Å². The molecule has 1 aliphatic rings. The number of rotatable bonds is 5. The van der Waals surface area contributed by atoms with Crippen LogP contribution in [0.4, 0.5) is 5.69 Å². The Morgan fingerprint density at radius 3 is 2.79 bits per heavy atom. The molecule has 0 saturated heterocycles. The number of carbonyl (C=O) groups excluding carboxylic acids is 2. The van der Waals surface area contributed by atoms with Crippen molar-refractivity contribution in [1.29, 1.82) is 0 Å². The summed E-state index contributed by atoms with van der Waals surface area (Å²) in [5.74, 6) is 0.413. The molecule has 9 heteroatoms. The highest BCUT2D eigenvalue weighted by Gasteiger charge is 2.28. The molecule has 1 N–H and O–H groups in total. The van der Waals surface area contributed by atoms with E-state index >= 15 is 0 Å². The van der Waals surface area contributed by atoms with Gasteiger partial charge in [0.25, 0.3) is 5.91 Å². The highest BCUT2D eigenvalue weighted by atomic mass is 32.1. The molecular weight excluding hydrogens is 440 g/mol. The van der Waals surface area contributed by atoms with Crippen molar-refractivity contribution in [2.75, 3.05) is 39.2 Å². The van der Waals surface area contributed by atoms with Crippen LogP contribution < -0.4 is 10.1 Å². The SMILES string of the molecule is CCC(=O)Nc1ccc2c(c1)C(=O)N(C)C[C@H](OC)[C@H](C)CN(Cc1nccs1)[C@@H](C)CO2. The monoisotopic (exact) mass is 474 g/mol. The molecule has 2 heterocycles. The number of likely N-dealkylation sites (N-methyl/N-ethyl adjacent to an activating group) is 1. The minimum atomic E-state index is -0.167. The van der Waals surface area contributed by atoms with Gasteiger partial charge in [-0.15, -0.1) is 11.3 Å². The fraction of sp³-hybridized carbons (Fsp3) is 0.542. The van der Waals surface area contributed by atoms with Crippen LogP contribution in [-0.4, -0.2) is 72.6 Å². The van der Waals surface area contributed by atoms with E-state index in [9.17, 15) is 9.59 Å². The van der Waals surface area contributed by atoms with Gasteiger partial charge in [0.2, 0.25) is 5.91 Å². The number of nitrogens with one attached hydrogen (secondary N) is 1. The van der Waals surface area contributed by atoms with Crippen LogP contribution in [0.5, 0.6) is 5.75 Å². The van der Waals surface area contributed by atoms with Gasteiger partial charge in [0.1, 0.15) is 17.4 Å². The maximum atomic E-state index is 13.3. The zero-order valence-corrected chi connectivity index (χ0v) is 20.9. The average molecular weight is 475 g/mol. The molecule has 0 aliphatic carbocycles. The number of benzene rings is 1. The van der Waals surface area contributed by atoms with Gasteiger partial charge in [0.15, 0.2) is 0 Å². The molecule has 1 aromatic carbocycles. The van der Waals surface area contributed by atoms with Crippen molar-refractivity contribution >= 4 is 28.8 Å². The molecule has 8 nitrogen and oxygen atoms in total. The Hall–Kier alpha value is -2.49. The summed E-state index contributed by atoms with van der Waals surface area (Å²) < 4.78 is 12.0. The summed E-state index contributed by atoms with van der Waals surface area (Å²) in [6, 6.07) is 5.31. The predicted molar refractivity (Wildman–Crippen MR) is 130 cm³/mol. The van der Waals surface area contributed by atoms with Crippen molar-refractivity contribution in [3.63, 3.8) is 0 Å². The van der Waals surface area contributed by atoms with Gasteiger partial charge >= 0.3 is 0 Å². The largest absolute Gasteiger partial charge is 0.491 e. The number of nitrogens with zero attached hydrogens (tertiary/aromatic N) is 3. The van der Waals surface area contributed by atoms with Crippen LogP contribution >= 0.6 is 11.3 Å². The second-order valence-corrected chi connectivity index (χ2v) is 9.54. The third-order valence-electron chi connectivity index (χ3n) is 6.00. The van der Waals surface area contributed by atoms with E-state index in [0.29, 0.717) is 36.6 Å². The van der Waals surface area contributed by atoms with E-state index in [-0.39, 0.29) is 29.9 Å². The van der Waals surface area contributed by atoms with Crippen LogP contribution in [0.2, 0.25) is 0 Å². The zero-order chi connectivity index (χ0) is 24.0. The quantitative estimate of drug-likeness (QED) is 0.714. The number of amides is 2. The van der Waals surface area contributed by atoms with Crippen LogP contribution in [0, 0.1) is 5.92 Å². The number of carbonyl (C=O) groups is 2. The van der Waals surface area contributed by atoms with Gasteiger partial charge in [-0.25, -0.2) is 4.98 Å². The minimum absolute atomic E-state index is 0.0911. The van der Waals surface area contributed by atoms with Crippen molar-refractivity contribution < 1.29 is 19.1 Å². The topological polar surface area (TPSA) is 84.0 Å². The van der Waals surface area contributed by atoms with Gasteiger partial charge in [-0.05, 0) is 31.0 Å². The maximum absolute atomic E-state index is 13.3. The van der Waals surface area contributed by atoms with Crippen LogP contribution in [0.3, 0.4) is 0 Å². The van der Waals surface area contributed by atoms with Gasteiger partial charge < -0.3 is 19.7 Å². The second-order valence-electron chi connectivity index (χ2n) is 8.57. The Morgan fingerprint density at radius 2 is 2.12 bits per heavy atom. The highest BCUT2D eigenvalue weighted by Crippen LogP contribution is 2.27. The molecule has 33 heavy (non-hydrogen) atoms. The van der Waals surface area contributed by atoms with E-state index in [2.05, 4.69) is 29.0 Å². The Labute approximate surface area is 199 Å². The van der Waals surface area contributed by atoms with E-state index in [1.165, 1.54) is 0 Å². The fourth-order valence-corrected chi connectivity index (χ4v) is 4.54. The Morgan fingerprint density at radius 1 is 1.33 bits per heavy atom. The van der Waals surface area contributed by atoms with Gasteiger partial charge in [-0.1, -0.05) is 13.8 Å². The van der Waals surface area contributed by atoms with Gasteiger partial charge in [-0.3, -0.25) is 14.5 Å². The molecule has 180 valence electrons. The van der Waals surface area contributed by atoms with E-state index in [0.717, 1.165) is 18.1 Å². The molecule has 0 saturated carbocycles. The summed E-state index contributed by atoms with van der Waals surface area (Å²) >= 11 is 1.64. The third kappa shape index (κ3) is 6.52. The molecule has 0 radical (unpaired) electrons. The van der Waals surface area contributed by atoms with E-state index in [4.69, 9.17) is 9.47 Å². The number of methoxy groups -OCH3 is 1. The number of ether oxygens (including phenoxy) is 2. The van der Waals surface area contributed by atoms with Gasteiger partial charge in [0, 0.05) is 57.0 Å². The van der Waals surface area contributed by atoms with Crippen LogP contribution in [0.15, 0.2) is 29.8 Å². The van der Waals surface area contributed by atoms with E-state index < -0.39 is 0 Å². The van der Waals surface area contributed by atoms with Crippen molar-refractivity contribution in [2.24, 2.45) is 5.92 Å². The summed E-state index contributed by atoms with van der Waals surface area (Å²) in [7, 11) is 3.46.